The van der Waals surface area contributed by atoms with Crippen LogP contribution in [-0.4, -0.2) is 38.8 Å². The van der Waals surface area contributed by atoms with E-state index in [1.165, 1.54) is 16.8 Å². The predicted molar refractivity (Wildman–Crippen MR) is 73.8 cm³/mol. The molecule has 0 unspecified atom stereocenters. The highest BCUT2D eigenvalue weighted by Crippen LogP contribution is 2.06. The molecule has 0 aromatic carbocycles. The van der Waals surface area contributed by atoms with Gasteiger partial charge < -0.3 is 10.4 Å². The number of aliphatic hydroxyl groups excluding tert-OH is 1. The molecule has 7 heteroatoms. The van der Waals surface area contributed by atoms with E-state index in [9.17, 15) is 9.59 Å². The Kier molecular flexibility index (Phi) is 4.52. The Hall–Kier alpha value is -2.15. The first kappa shape index (κ1) is 14.3. The van der Waals surface area contributed by atoms with Gasteiger partial charge in [0, 0.05) is 31.1 Å². The Balaban J connectivity index is 2.09. The molecule has 7 nitrogen and oxygen atoms in total. The Morgan fingerprint density at radius 3 is 3.00 bits per heavy atom. The van der Waals surface area contributed by atoms with Gasteiger partial charge >= 0.3 is 0 Å². The van der Waals surface area contributed by atoms with Gasteiger partial charge in [-0.1, -0.05) is 0 Å². The topological polar surface area (TPSA) is 99.5 Å². The normalized spacial score (nSPS) is 10.9. The second-order valence-corrected chi connectivity index (χ2v) is 4.62. The number of aromatic amines is 1. The smallest absolute Gasteiger partial charge is 0.272 e. The van der Waals surface area contributed by atoms with Gasteiger partial charge in [-0.25, -0.2) is 9.50 Å². The summed E-state index contributed by atoms with van der Waals surface area (Å²) in [6, 6.07) is 1.40. The number of aliphatic hydroxyl groups is 1. The van der Waals surface area contributed by atoms with Crippen molar-refractivity contribution in [2.75, 3.05) is 13.2 Å². The van der Waals surface area contributed by atoms with Crippen LogP contribution in [0.15, 0.2) is 17.1 Å². The number of fused-ring (bicyclic) bond motifs is 1. The maximum Gasteiger partial charge on any atom is 0.272 e. The molecule has 0 bridgehead atoms. The standard InChI is InChI=1S/C13H18N4O3/c1-9-7-11(19)17-12(16-9)10(8-15-17)13(20)14-5-3-2-4-6-18/h7-8,15,18H,2-6H2,1H3,(H,14,20). The van der Waals surface area contributed by atoms with Crippen LogP contribution in [0.2, 0.25) is 0 Å². The van der Waals surface area contributed by atoms with Gasteiger partial charge in [0.05, 0.1) is 0 Å². The van der Waals surface area contributed by atoms with Gasteiger partial charge in [0.25, 0.3) is 11.5 Å². The van der Waals surface area contributed by atoms with Crippen LogP contribution >= 0.6 is 0 Å². The molecule has 0 fully saturated rings. The molecule has 2 heterocycles. The summed E-state index contributed by atoms with van der Waals surface area (Å²) in [6.07, 6.45) is 3.88. The molecule has 1 amide bonds. The number of aromatic nitrogens is 3. The van der Waals surface area contributed by atoms with E-state index >= 15 is 0 Å². The van der Waals surface area contributed by atoms with Gasteiger partial charge in [-0.3, -0.25) is 14.7 Å². The molecular formula is C13H18N4O3. The van der Waals surface area contributed by atoms with Crippen molar-refractivity contribution >= 4 is 11.6 Å². The minimum atomic E-state index is -0.259. The fraction of sp³-hybridized carbons (Fsp3) is 0.462. The van der Waals surface area contributed by atoms with Crippen molar-refractivity contribution in [3.63, 3.8) is 0 Å². The summed E-state index contributed by atoms with van der Waals surface area (Å²) in [4.78, 5) is 28.0. The summed E-state index contributed by atoms with van der Waals surface area (Å²) in [6.45, 7) is 2.42. The number of hydrogen-bond donors (Lipinski definition) is 3. The Labute approximate surface area is 115 Å². The second kappa shape index (κ2) is 6.33. The number of carbonyl (C=O) groups excluding carboxylic acids is 1. The summed E-state index contributed by atoms with van der Waals surface area (Å²) in [5, 5.41) is 14.2. The van der Waals surface area contributed by atoms with Gasteiger partial charge in [0.1, 0.15) is 5.56 Å². The molecule has 0 radical (unpaired) electrons. The summed E-state index contributed by atoms with van der Waals surface area (Å²) in [5.74, 6) is -0.259. The van der Waals surface area contributed by atoms with Crippen molar-refractivity contribution in [3.05, 3.63) is 33.9 Å². The monoisotopic (exact) mass is 278 g/mol. The molecule has 0 spiro atoms. The van der Waals surface area contributed by atoms with E-state index in [0.29, 0.717) is 23.4 Å². The lowest BCUT2D eigenvalue weighted by atomic mass is 10.2. The van der Waals surface area contributed by atoms with Gasteiger partial charge in [0.15, 0.2) is 5.65 Å². The lowest BCUT2D eigenvalue weighted by Crippen LogP contribution is -2.25. The molecule has 2 rings (SSSR count). The number of hydrogen-bond acceptors (Lipinski definition) is 4. The maximum atomic E-state index is 12.0. The van der Waals surface area contributed by atoms with E-state index in [0.717, 1.165) is 19.3 Å². The number of amides is 1. The number of nitrogens with zero attached hydrogens (tertiary/aromatic N) is 2. The third-order valence-corrected chi connectivity index (χ3v) is 2.99. The van der Waals surface area contributed by atoms with E-state index in [-0.39, 0.29) is 18.1 Å². The predicted octanol–water partition coefficient (Wildman–Crippen LogP) is 0.223. The average Bonchev–Trinajstić information content (AvgIpc) is 2.82. The van der Waals surface area contributed by atoms with Crippen LogP contribution in [0.25, 0.3) is 5.65 Å². The van der Waals surface area contributed by atoms with Crippen LogP contribution < -0.4 is 10.9 Å². The van der Waals surface area contributed by atoms with Crippen LogP contribution in [0.3, 0.4) is 0 Å². The second-order valence-electron chi connectivity index (χ2n) is 4.62. The van der Waals surface area contributed by atoms with Gasteiger partial charge in [-0.15, -0.1) is 0 Å². The van der Waals surface area contributed by atoms with Crippen molar-refractivity contribution < 1.29 is 9.90 Å². The van der Waals surface area contributed by atoms with E-state index in [2.05, 4.69) is 15.4 Å². The number of carbonyl (C=O) groups is 1. The lowest BCUT2D eigenvalue weighted by molar-refractivity contribution is 0.0954. The molecule has 0 atom stereocenters. The van der Waals surface area contributed by atoms with E-state index in [1.807, 2.05) is 0 Å². The average molecular weight is 278 g/mol. The van der Waals surface area contributed by atoms with E-state index < -0.39 is 0 Å². The minimum Gasteiger partial charge on any atom is -0.396 e. The first-order valence-corrected chi connectivity index (χ1v) is 6.60. The summed E-state index contributed by atoms with van der Waals surface area (Å²) in [7, 11) is 0. The van der Waals surface area contributed by atoms with E-state index in [1.54, 1.807) is 6.92 Å². The zero-order valence-corrected chi connectivity index (χ0v) is 11.3. The molecule has 0 saturated carbocycles. The Morgan fingerprint density at radius 1 is 1.45 bits per heavy atom. The molecule has 0 aliphatic carbocycles. The van der Waals surface area contributed by atoms with Crippen molar-refractivity contribution in [2.24, 2.45) is 0 Å². The molecule has 0 aliphatic heterocycles. The van der Waals surface area contributed by atoms with Gasteiger partial charge in [-0.2, -0.15) is 0 Å². The van der Waals surface area contributed by atoms with Crippen molar-refractivity contribution in [3.8, 4) is 0 Å². The van der Waals surface area contributed by atoms with Gasteiger partial charge in [-0.05, 0) is 26.2 Å². The lowest BCUT2D eigenvalue weighted by Gasteiger charge is -2.03. The number of H-pyrrole nitrogens is 1. The van der Waals surface area contributed by atoms with Crippen LogP contribution in [0, 0.1) is 6.92 Å². The SMILES string of the molecule is Cc1cc(=O)n2[nH]cc(C(=O)NCCCCCO)c2n1. The maximum absolute atomic E-state index is 12.0. The van der Waals surface area contributed by atoms with Gasteiger partial charge in [0.2, 0.25) is 0 Å². The third kappa shape index (κ3) is 3.05. The van der Waals surface area contributed by atoms with Crippen molar-refractivity contribution in [1.82, 2.24) is 19.9 Å². The first-order chi connectivity index (χ1) is 9.63. The molecule has 0 saturated heterocycles. The fourth-order valence-corrected chi connectivity index (χ4v) is 1.97. The molecular weight excluding hydrogens is 260 g/mol. The highest BCUT2D eigenvalue weighted by Gasteiger charge is 2.14. The highest BCUT2D eigenvalue weighted by atomic mass is 16.3. The van der Waals surface area contributed by atoms with Crippen LogP contribution in [0.5, 0.6) is 0 Å². The molecule has 2 aromatic rings. The van der Waals surface area contributed by atoms with E-state index in [4.69, 9.17) is 5.11 Å². The molecule has 2 aromatic heterocycles. The molecule has 0 aliphatic rings. The minimum absolute atomic E-state index is 0.169. The Bertz CT molecular complexity index is 659. The molecule has 108 valence electrons. The zero-order valence-electron chi connectivity index (χ0n) is 11.3. The number of rotatable bonds is 6. The first-order valence-electron chi connectivity index (χ1n) is 6.60. The van der Waals surface area contributed by atoms with Crippen LogP contribution in [0.4, 0.5) is 0 Å². The van der Waals surface area contributed by atoms with Crippen LogP contribution in [-0.2, 0) is 0 Å². The summed E-state index contributed by atoms with van der Waals surface area (Å²) < 4.78 is 1.24. The summed E-state index contributed by atoms with van der Waals surface area (Å²) >= 11 is 0. The number of nitrogens with one attached hydrogen (secondary N) is 2. The molecule has 20 heavy (non-hydrogen) atoms. The third-order valence-electron chi connectivity index (χ3n) is 2.99. The van der Waals surface area contributed by atoms with Crippen molar-refractivity contribution in [1.29, 1.82) is 0 Å². The molecule has 3 N–H and O–H groups in total. The number of aryl methyl sites for hydroxylation is 1. The summed E-state index contributed by atoms with van der Waals surface area (Å²) in [5.41, 5.74) is 1.02. The van der Waals surface area contributed by atoms with Crippen LogP contribution in [0.1, 0.15) is 35.3 Å². The number of unbranched alkanes of at least 4 members (excludes halogenated alkanes) is 2. The quantitative estimate of drug-likeness (QED) is 0.658. The zero-order chi connectivity index (χ0) is 14.5. The highest BCUT2D eigenvalue weighted by molar-refractivity contribution is 5.99. The fourth-order valence-electron chi connectivity index (χ4n) is 1.97. The largest absolute Gasteiger partial charge is 0.396 e. The Morgan fingerprint density at radius 2 is 2.25 bits per heavy atom. The van der Waals surface area contributed by atoms with Crippen molar-refractivity contribution in [2.45, 2.75) is 26.2 Å².